The molecule has 6 nitrogen and oxygen atoms in total. The number of sulfonamides is 1. The first-order valence-electron chi connectivity index (χ1n) is 8.27. The van der Waals surface area contributed by atoms with Crippen molar-refractivity contribution in [2.24, 2.45) is 0 Å². The highest BCUT2D eigenvalue weighted by Crippen LogP contribution is 2.24. The number of nitrogens with one attached hydrogen (secondary N) is 2. The third kappa shape index (κ3) is 3.87. The number of rotatable bonds is 6. The molecule has 26 heavy (non-hydrogen) atoms. The molecule has 0 spiro atoms. The molecule has 2 N–H and O–H groups in total. The summed E-state index contributed by atoms with van der Waals surface area (Å²) in [6, 6.07) is 10.8. The Morgan fingerprint density at radius 2 is 1.88 bits per heavy atom. The Kier molecular flexibility index (Phi) is 4.64. The monoisotopic (exact) mass is 432 g/mol. The van der Waals surface area contributed by atoms with E-state index in [4.69, 9.17) is 0 Å². The van der Waals surface area contributed by atoms with Crippen LogP contribution in [0.15, 0.2) is 58.2 Å². The highest BCUT2D eigenvalue weighted by atomic mass is 79.9. The van der Waals surface area contributed by atoms with E-state index < -0.39 is 10.0 Å². The van der Waals surface area contributed by atoms with Gasteiger partial charge in [-0.05, 0) is 58.6 Å². The van der Waals surface area contributed by atoms with E-state index in [0.29, 0.717) is 11.4 Å². The number of nitrogens with zero attached hydrogens (tertiary/aromatic N) is 2. The molecular formula is C18H17BrN4O2S. The lowest BCUT2D eigenvalue weighted by molar-refractivity contribution is 0.581. The predicted octanol–water partition coefficient (Wildman–Crippen LogP) is 3.45. The van der Waals surface area contributed by atoms with Crippen LogP contribution in [0.25, 0.3) is 11.0 Å². The van der Waals surface area contributed by atoms with Crippen molar-refractivity contribution in [3.8, 4) is 0 Å². The van der Waals surface area contributed by atoms with E-state index in [1.165, 1.54) is 0 Å². The second-order valence-electron chi connectivity index (χ2n) is 6.27. The van der Waals surface area contributed by atoms with Crippen molar-refractivity contribution in [2.45, 2.75) is 30.3 Å². The molecule has 1 saturated carbocycles. The summed E-state index contributed by atoms with van der Waals surface area (Å²) in [6.07, 6.45) is 5.32. The third-order valence-corrected chi connectivity index (χ3v) is 6.13. The molecule has 0 atom stereocenters. The Morgan fingerprint density at radius 3 is 2.62 bits per heavy atom. The van der Waals surface area contributed by atoms with E-state index in [2.05, 4.69) is 35.9 Å². The molecule has 0 unspecified atom stereocenters. The molecule has 0 aliphatic heterocycles. The van der Waals surface area contributed by atoms with Crippen molar-refractivity contribution in [3.05, 3.63) is 58.8 Å². The number of anilines is 1. The minimum absolute atomic E-state index is 0.105. The van der Waals surface area contributed by atoms with Crippen LogP contribution in [-0.4, -0.2) is 24.4 Å². The second-order valence-corrected chi connectivity index (χ2v) is 8.90. The highest BCUT2D eigenvalue weighted by Gasteiger charge is 2.27. The van der Waals surface area contributed by atoms with Crippen LogP contribution in [0.1, 0.15) is 18.4 Å². The van der Waals surface area contributed by atoms with Crippen molar-refractivity contribution >= 4 is 42.7 Å². The molecule has 8 heteroatoms. The Labute approximate surface area is 160 Å². The number of fused-ring (bicyclic) bond motifs is 1. The van der Waals surface area contributed by atoms with E-state index in [0.717, 1.165) is 39.6 Å². The zero-order valence-electron chi connectivity index (χ0n) is 13.8. The van der Waals surface area contributed by atoms with E-state index in [1.54, 1.807) is 24.5 Å². The van der Waals surface area contributed by atoms with Crippen LogP contribution in [0.2, 0.25) is 0 Å². The Bertz CT molecular complexity index is 1050. The van der Waals surface area contributed by atoms with Gasteiger partial charge in [-0.1, -0.05) is 12.1 Å². The summed E-state index contributed by atoms with van der Waals surface area (Å²) < 4.78 is 28.0. The summed E-state index contributed by atoms with van der Waals surface area (Å²) in [6.45, 7) is 0.563. The van der Waals surface area contributed by atoms with Crippen LogP contribution in [-0.2, 0) is 16.6 Å². The van der Waals surface area contributed by atoms with E-state index in [1.807, 2.05) is 24.3 Å². The molecule has 3 aromatic rings. The zero-order chi connectivity index (χ0) is 18.1. The minimum Gasteiger partial charge on any atom is -0.379 e. The molecule has 1 aliphatic carbocycles. The van der Waals surface area contributed by atoms with Crippen LogP contribution in [0.4, 0.5) is 5.69 Å². The third-order valence-electron chi connectivity index (χ3n) is 4.16. The number of halogens is 1. The van der Waals surface area contributed by atoms with Crippen molar-refractivity contribution in [2.75, 3.05) is 5.32 Å². The number of aromatic nitrogens is 2. The van der Waals surface area contributed by atoms with Gasteiger partial charge in [0.15, 0.2) is 0 Å². The first kappa shape index (κ1) is 17.4. The molecule has 2 heterocycles. The highest BCUT2D eigenvalue weighted by molar-refractivity contribution is 9.10. The Hall–Kier alpha value is -2.03. The van der Waals surface area contributed by atoms with Crippen molar-refractivity contribution in [1.29, 1.82) is 0 Å². The number of hydrogen-bond acceptors (Lipinski definition) is 5. The second kappa shape index (κ2) is 6.94. The quantitative estimate of drug-likeness (QED) is 0.622. The maximum atomic E-state index is 12.2. The summed E-state index contributed by atoms with van der Waals surface area (Å²) in [5.41, 5.74) is 3.47. The molecule has 0 radical (unpaired) electrons. The minimum atomic E-state index is -3.41. The van der Waals surface area contributed by atoms with Gasteiger partial charge in [0.1, 0.15) is 5.52 Å². The molecule has 1 aliphatic rings. The maximum Gasteiger partial charge on any atom is 0.240 e. The van der Waals surface area contributed by atoms with Gasteiger partial charge in [0, 0.05) is 29.5 Å². The largest absolute Gasteiger partial charge is 0.379 e. The van der Waals surface area contributed by atoms with Crippen molar-refractivity contribution in [3.63, 3.8) is 0 Å². The summed E-state index contributed by atoms with van der Waals surface area (Å²) >= 11 is 3.40. The molecule has 1 fully saturated rings. The molecule has 1 aromatic carbocycles. The summed E-state index contributed by atoms with van der Waals surface area (Å²) in [4.78, 5) is 9.03. The summed E-state index contributed by atoms with van der Waals surface area (Å²) in [7, 11) is -3.41. The van der Waals surface area contributed by atoms with Gasteiger partial charge in [-0.25, -0.2) is 13.1 Å². The first-order valence-corrected chi connectivity index (χ1v) is 10.5. The fraction of sp³-hybridized carbons (Fsp3) is 0.222. The van der Waals surface area contributed by atoms with E-state index in [9.17, 15) is 8.42 Å². The summed E-state index contributed by atoms with van der Waals surface area (Å²) in [5, 5.41) is 3.34. The lowest BCUT2D eigenvalue weighted by Gasteiger charge is -2.10. The van der Waals surface area contributed by atoms with Gasteiger partial charge in [-0.3, -0.25) is 9.97 Å². The Balaban J connectivity index is 1.48. The van der Waals surface area contributed by atoms with Gasteiger partial charge in [0.05, 0.1) is 16.1 Å². The van der Waals surface area contributed by atoms with Crippen molar-refractivity contribution in [1.82, 2.24) is 14.7 Å². The van der Waals surface area contributed by atoms with Gasteiger partial charge in [-0.2, -0.15) is 0 Å². The van der Waals surface area contributed by atoms with Crippen LogP contribution in [0.3, 0.4) is 0 Å². The van der Waals surface area contributed by atoms with Crippen LogP contribution in [0.5, 0.6) is 0 Å². The smallest absolute Gasteiger partial charge is 0.240 e. The number of pyridine rings is 2. The standard InChI is InChI=1S/C18H17BrN4O2S/c19-13-9-17-18(22-11-13)16(7-8-20-17)21-10-12-1-5-15(6-2-12)26(24,25)23-14-3-4-14/h1-2,5-9,11,14,23H,3-4,10H2,(H,20,21). The Morgan fingerprint density at radius 1 is 1.12 bits per heavy atom. The molecule has 0 saturated heterocycles. The first-order chi connectivity index (χ1) is 12.5. The fourth-order valence-electron chi connectivity index (χ4n) is 2.62. The fourth-order valence-corrected chi connectivity index (χ4v) is 4.24. The van der Waals surface area contributed by atoms with Crippen LogP contribution in [0, 0.1) is 0 Å². The number of benzene rings is 1. The van der Waals surface area contributed by atoms with Crippen LogP contribution >= 0.6 is 15.9 Å². The van der Waals surface area contributed by atoms with Gasteiger partial charge in [0.25, 0.3) is 0 Å². The average molecular weight is 433 g/mol. The van der Waals surface area contributed by atoms with Crippen molar-refractivity contribution < 1.29 is 8.42 Å². The van der Waals surface area contributed by atoms with E-state index in [-0.39, 0.29) is 6.04 Å². The normalized spacial score (nSPS) is 14.5. The molecule has 4 rings (SSSR count). The average Bonchev–Trinajstić information content (AvgIpc) is 3.43. The van der Waals surface area contributed by atoms with Gasteiger partial charge in [0.2, 0.25) is 10.0 Å². The zero-order valence-corrected chi connectivity index (χ0v) is 16.2. The lowest BCUT2D eigenvalue weighted by Crippen LogP contribution is -2.25. The van der Waals surface area contributed by atoms with Gasteiger partial charge < -0.3 is 5.32 Å². The van der Waals surface area contributed by atoms with Gasteiger partial charge in [-0.15, -0.1) is 0 Å². The maximum absolute atomic E-state index is 12.2. The molecule has 0 amide bonds. The summed E-state index contributed by atoms with van der Waals surface area (Å²) in [5.74, 6) is 0. The van der Waals surface area contributed by atoms with Gasteiger partial charge >= 0.3 is 0 Å². The van der Waals surface area contributed by atoms with E-state index >= 15 is 0 Å². The molecule has 0 bridgehead atoms. The molecule has 134 valence electrons. The SMILES string of the molecule is O=S(=O)(NC1CC1)c1ccc(CNc2ccnc3cc(Br)cnc23)cc1. The molecular weight excluding hydrogens is 416 g/mol. The predicted molar refractivity (Wildman–Crippen MR) is 104 cm³/mol. The topological polar surface area (TPSA) is 84.0 Å². The lowest BCUT2D eigenvalue weighted by atomic mass is 10.2. The number of hydrogen-bond donors (Lipinski definition) is 2. The van der Waals surface area contributed by atoms with Crippen LogP contribution < -0.4 is 10.0 Å². The molecule has 2 aromatic heterocycles.